The highest BCUT2D eigenvalue weighted by molar-refractivity contribution is 6.34. The molecular formula is C25H33ClN2O6. The minimum atomic E-state index is -1.05. The maximum Gasteiger partial charge on any atom is 0.312 e. The molecule has 3 fully saturated rings. The Hall–Kier alpha value is -2.16. The van der Waals surface area contributed by atoms with Gasteiger partial charge in [0, 0.05) is 13.2 Å². The number of hydrogen-bond donors (Lipinski definition) is 2. The number of aryl methyl sites for hydroxylation is 1. The quantitative estimate of drug-likeness (QED) is 0.384. The second-order valence-electron chi connectivity index (χ2n) is 9.40. The lowest BCUT2D eigenvalue weighted by atomic mass is 9.70. The third-order valence-electron chi connectivity index (χ3n) is 7.38. The highest BCUT2D eigenvalue weighted by Gasteiger charge is 2.74. The van der Waals surface area contributed by atoms with Crippen LogP contribution in [0, 0.1) is 18.8 Å². The van der Waals surface area contributed by atoms with E-state index in [1.165, 1.54) is 0 Å². The number of carbonyl (C=O) groups is 3. The molecule has 1 spiro atoms. The summed E-state index contributed by atoms with van der Waals surface area (Å²) in [4.78, 5) is 41.8. The van der Waals surface area contributed by atoms with Gasteiger partial charge in [0.15, 0.2) is 0 Å². The SMILES string of the molecule is CCOC(=O)[C@@H]1[C@H]2C(=O)N(CCCCCCO)[C@H](C(=O)Nc3c(C)cccc3Cl)[C@]23CC[C@H]1O3. The molecule has 1 aromatic rings. The second kappa shape index (κ2) is 10.2. The fourth-order valence-electron chi connectivity index (χ4n) is 5.93. The van der Waals surface area contributed by atoms with Gasteiger partial charge in [0.25, 0.3) is 0 Å². The van der Waals surface area contributed by atoms with Gasteiger partial charge in [0.2, 0.25) is 11.8 Å². The molecule has 0 saturated carbocycles. The fourth-order valence-corrected chi connectivity index (χ4v) is 6.20. The number of nitrogens with zero attached hydrogens (tertiary/aromatic N) is 1. The van der Waals surface area contributed by atoms with Crippen LogP contribution in [0.3, 0.4) is 0 Å². The van der Waals surface area contributed by atoms with E-state index < -0.39 is 35.6 Å². The number of carbonyl (C=O) groups excluding carboxylic acids is 3. The molecule has 0 aliphatic carbocycles. The average molecular weight is 493 g/mol. The third kappa shape index (κ3) is 4.20. The molecule has 0 unspecified atom stereocenters. The summed E-state index contributed by atoms with van der Waals surface area (Å²) in [6.45, 7) is 4.33. The first-order chi connectivity index (χ1) is 16.4. The van der Waals surface area contributed by atoms with Crippen molar-refractivity contribution in [1.82, 2.24) is 4.90 Å². The number of likely N-dealkylation sites (tertiary alicyclic amines) is 1. The van der Waals surface area contributed by atoms with Crippen LogP contribution in [0.5, 0.6) is 0 Å². The summed E-state index contributed by atoms with van der Waals surface area (Å²) < 4.78 is 11.6. The number of anilines is 1. The van der Waals surface area contributed by atoms with Crippen molar-refractivity contribution >= 4 is 35.1 Å². The van der Waals surface area contributed by atoms with Crippen LogP contribution in [0.1, 0.15) is 51.0 Å². The van der Waals surface area contributed by atoms with Crippen LogP contribution < -0.4 is 5.32 Å². The Morgan fingerprint density at radius 2 is 2.06 bits per heavy atom. The smallest absolute Gasteiger partial charge is 0.312 e. The number of aliphatic hydroxyl groups excluding tert-OH is 1. The molecule has 34 heavy (non-hydrogen) atoms. The normalized spacial score (nSPS) is 29.4. The number of ether oxygens (including phenoxy) is 2. The first-order valence-corrected chi connectivity index (χ1v) is 12.5. The van der Waals surface area contributed by atoms with Gasteiger partial charge < -0.3 is 24.8 Å². The number of rotatable bonds is 10. The van der Waals surface area contributed by atoms with Crippen LogP contribution in [0.2, 0.25) is 5.02 Å². The summed E-state index contributed by atoms with van der Waals surface area (Å²) in [5, 5.41) is 12.4. The lowest BCUT2D eigenvalue weighted by Crippen LogP contribution is -2.53. The molecular weight excluding hydrogens is 460 g/mol. The molecule has 5 atom stereocenters. The van der Waals surface area contributed by atoms with Crippen molar-refractivity contribution in [3.8, 4) is 0 Å². The minimum Gasteiger partial charge on any atom is -0.466 e. The van der Waals surface area contributed by atoms with E-state index in [1.54, 1.807) is 17.9 Å². The van der Waals surface area contributed by atoms with Crippen LogP contribution in [-0.2, 0) is 23.9 Å². The predicted molar refractivity (Wildman–Crippen MR) is 126 cm³/mol. The van der Waals surface area contributed by atoms with E-state index in [0.717, 1.165) is 18.4 Å². The number of amides is 2. The summed E-state index contributed by atoms with van der Waals surface area (Å²) in [5.74, 6) is -2.44. The van der Waals surface area contributed by atoms with Crippen LogP contribution >= 0.6 is 11.6 Å². The molecule has 3 heterocycles. The molecule has 2 N–H and O–H groups in total. The van der Waals surface area contributed by atoms with Gasteiger partial charge in [0.1, 0.15) is 11.6 Å². The predicted octanol–water partition coefficient (Wildman–Crippen LogP) is 3.08. The number of halogens is 1. The summed E-state index contributed by atoms with van der Waals surface area (Å²) in [7, 11) is 0. The monoisotopic (exact) mass is 492 g/mol. The number of aliphatic hydroxyl groups is 1. The van der Waals surface area contributed by atoms with Crippen molar-refractivity contribution in [3.05, 3.63) is 28.8 Å². The molecule has 1 aromatic carbocycles. The van der Waals surface area contributed by atoms with Gasteiger partial charge in [-0.05, 0) is 51.2 Å². The number of esters is 1. The van der Waals surface area contributed by atoms with Crippen LogP contribution in [0.4, 0.5) is 5.69 Å². The van der Waals surface area contributed by atoms with Gasteiger partial charge in [-0.3, -0.25) is 14.4 Å². The van der Waals surface area contributed by atoms with Crippen molar-refractivity contribution in [2.45, 2.75) is 70.1 Å². The summed E-state index contributed by atoms with van der Waals surface area (Å²) in [6, 6.07) is 4.52. The number of benzene rings is 1. The Balaban J connectivity index is 1.64. The molecule has 2 amide bonds. The molecule has 0 radical (unpaired) electrons. The van der Waals surface area contributed by atoms with Gasteiger partial charge >= 0.3 is 5.97 Å². The third-order valence-corrected chi connectivity index (χ3v) is 7.70. The lowest BCUT2D eigenvalue weighted by molar-refractivity contribution is -0.154. The molecule has 3 saturated heterocycles. The maximum absolute atomic E-state index is 13.7. The van der Waals surface area contributed by atoms with E-state index in [1.807, 2.05) is 19.1 Å². The van der Waals surface area contributed by atoms with E-state index in [2.05, 4.69) is 5.32 Å². The summed E-state index contributed by atoms with van der Waals surface area (Å²) in [6.07, 6.45) is 3.77. The molecule has 9 heteroatoms. The van der Waals surface area contributed by atoms with Gasteiger partial charge in [-0.15, -0.1) is 0 Å². The molecule has 3 aliphatic heterocycles. The largest absolute Gasteiger partial charge is 0.466 e. The van der Waals surface area contributed by atoms with Crippen molar-refractivity contribution < 1.29 is 29.0 Å². The van der Waals surface area contributed by atoms with E-state index in [9.17, 15) is 14.4 Å². The Kier molecular flexibility index (Phi) is 7.50. The Bertz CT molecular complexity index is 935. The second-order valence-corrected chi connectivity index (χ2v) is 9.81. The van der Waals surface area contributed by atoms with E-state index >= 15 is 0 Å². The van der Waals surface area contributed by atoms with E-state index in [0.29, 0.717) is 42.9 Å². The lowest BCUT2D eigenvalue weighted by Gasteiger charge is -2.33. The molecule has 2 bridgehead atoms. The molecule has 3 aliphatic rings. The number of unbranched alkanes of at least 4 members (excludes halogenated alkanes) is 3. The molecule has 186 valence electrons. The zero-order valence-corrected chi connectivity index (χ0v) is 20.5. The minimum absolute atomic E-state index is 0.131. The van der Waals surface area contributed by atoms with Crippen molar-refractivity contribution in [3.63, 3.8) is 0 Å². The van der Waals surface area contributed by atoms with Gasteiger partial charge in [-0.25, -0.2) is 0 Å². The molecule has 0 aromatic heterocycles. The number of fused-ring (bicyclic) bond motifs is 1. The number of nitrogens with one attached hydrogen (secondary N) is 1. The first-order valence-electron chi connectivity index (χ1n) is 12.2. The standard InChI is InChI=1S/C25H33ClN2O6/c1-3-33-24(32)18-17-11-12-25(34-17)19(18)23(31)28(13-6-4-5-7-14-29)21(25)22(30)27-20-15(2)9-8-10-16(20)26/h8-10,17-19,21,29H,3-7,11-14H2,1-2H3,(H,27,30)/t17-,18+,19+,21-,25+/m1/s1. The number of para-hydroxylation sites is 1. The zero-order valence-electron chi connectivity index (χ0n) is 19.7. The van der Waals surface area contributed by atoms with Crippen LogP contribution in [0.15, 0.2) is 18.2 Å². The maximum atomic E-state index is 13.7. The molecule has 8 nitrogen and oxygen atoms in total. The van der Waals surface area contributed by atoms with E-state index in [4.69, 9.17) is 26.2 Å². The average Bonchev–Trinajstić information content (AvgIpc) is 3.44. The highest BCUT2D eigenvalue weighted by Crippen LogP contribution is 2.58. The van der Waals surface area contributed by atoms with Gasteiger partial charge in [-0.2, -0.15) is 0 Å². The zero-order chi connectivity index (χ0) is 24.5. The van der Waals surface area contributed by atoms with Crippen LogP contribution in [-0.4, -0.2) is 65.3 Å². The molecule has 4 rings (SSSR count). The first kappa shape index (κ1) is 24.9. The summed E-state index contributed by atoms with van der Waals surface area (Å²) >= 11 is 6.36. The Morgan fingerprint density at radius 3 is 2.76 bits per heavy atom. The van der Waals surface area contributed by atoms with Crippen molar-refractivity contribution in [1.29, 1.82) is 0 Å². The van der Waals surface area contributed by atoms with Gasteiger partial charge in [0.05, 0.1) is 35.3 Å². The van der Waals surface area contributed by atoms with Gasteiger partial charge in [-0.1, -0.05) is 36.6 Å². The topological polar surface area (TPSA) is 105 Å². The van der Waals surface area contributed by atoms with Crippen molar-refractivity contribution in [2.75, 3.05) is 25.1 Å². The fraction of sp³-hybridized carbons (Fsp3) is 0.640. The Morgan fingerprint density at radius 1 is 1.29 bits per heavy atom. The summed E-state index contributed by atoms with van der Waals surface area (Å²) in [5.41, 5.74) is 0.276. The van der Waals surface area contributed by atoms with Crippen molar-refractivity contribution in [2.24, 2.45) is 11.8 Å². The number of hydrogen-bond acceptors (Lipinski definition) is 6. The van der Waals surface area contributed by atoms with E-state index in [-0.39, 0.29) is 25.0 Å². The Labute approximate surface area is 204 Å². The van der Waals surface area contributed by atoms with Crippen LogP contribution in [0.25, 0.3) is 0 Å². The highest BCUT2D eigenvalue weighted by atomic mass is 35.5.